The highest BCUT2D eigenvalue weighted by Gasteiger charge is 2.17. The highest BCUT2D eigenvalue weighted by atomic mass is 16.6. The van der Waals surface area contributed by atoms with E-state index in [4.69, 9.17) is 4.74 Å². The van der Waals surface area contributed by atoms with Crippen molar-refractivity contribution in [2.75, 3.05) is 0 Å². The molecule has 0 spiro atoms. The number of nitrogens with zero attached hydrogens (tertiary/aromatic N) is 3. The van der Waals surface area contributed by atoms with Gasteiger partial charge in [-0.2, -0.15) is 4.99 Å². The first-order valence-corrected chi connectivity index (χ1v) is 3.68. The molecule has 0 saturated heterocycles. The second kappa shape index (κ2) is 2.01. The Balaban J connectivity index is 2.51. The van der Waals surface area contributed by atoms with E-state index in [-0.39, 0.29) is 0 Å². The summed E-state index contributed by atoms with van der Waals surface area (Å²) in [6.07, 6.45) is 0.842. The van der Waals surface area contributed by atoms with E-state index in [1.54, 1.807) is 12.1 Å². The van der Waals surface area contributed by atoms with Gasteiger partial charge >= 0.3 is 6.09 Å². The molecule has 13 heavy (non-hydrogen) atoms. The van der Waals surface area contributed by atoms with Gasteiger partial charge in [0.15, 0.2) is 5.75 Å². The van der Waals surface area contributed by atoms with Crippen molar-refractivity contribution in [2.45, 2.75) is 0 Å². The lowest BCUT2D eigenvalue weighted by atomic mass is 10.3. The molecule has 2 heterocycles. The van der Waals surface area contributed by atoms with Crippen LogP contribution in [0.15, 0.2) is 27.1 Å². The van der Waals surface area contributed by atoms with Crippen molar-refractivity contribution in [1.82, 2.24) is 0 Å². The third-order valence-corrected chi connectivity index (χ3v) is 1.88. The maximum atomic E-state index is 10.8. The molecular formula is C8H3N3O2. The van der Waals surface area contributed by atoms with Crippen molar-refractivity contribution < 1.29 is 9.53 Å². The number of hydrogen-bond donors (Lipinski definition) is 0. The van der Waals surface area contributed by atoms with Gasteiger partial charge in [0.25, 0.3) is 0 Å². The van der Waals surface area contributed by atoms with E-state index in [1.807, 2.05) is 0 Å². The molecule has 0 aromatic heterocycles. The molecule has 1 aromatic rings. The Morgan fingerprint density at radius 3 is 3.08 bits per heavy atom. The van der Waals surface area contributed by atoms with Gasteiger partial charge in [-0.05, 0) is 12.1 Å². The quantitative estimate of drug-likeness (QED) is 0.559. The Morgan fingerprint density at radius 1 is 1.23 bits per heavy atom. The number of benzene rings is 1. The Kier molecular flexibility index (Phi) is 0.999. The SMILES string of the molecule is O=C1N=c2c(ccc3c2=NC=N3)O1. The molecule has 5 heteroatoms. The van der Waals surface area contributed by atoms with Gasteiger partial charge in [0.05, 0.1) is 5.69 Å². The van der Waals surface area contributed by atoms with Crippen LogP contribution in [0.25, 0.3) is 0 Å². The molecule has 2 aliphatic rings. The molecular weight excluding hydrogens is 170 g/mol. The minimum absolute atomic E-state index is 0.456. The van der Waals surface area contributed by atoms with Gasteiger partial charge in [-0.3, -0.25) is 0 Å². The van der Waals surface area contributed by atoms with Crippen LogP contribution in [0.5, 0.6) is 5.75 Å². The van der Waals surface area contributed by atoms with Crippen molar-refractivity contribution in [2.24, 2.45) is 15.0 Å². The summed E-state index contributed by atoms with van der Waals surface area (Å²) in [5, 5.41) is 1.10. The van der Waals surface area contributed by atoms with E-state index in [2.05, 4.69) is 15.0 Å². The number of amides is 1. The van der Waals surface area contributed by atoms with Crippen molar-refractivity contribution in [3.8, 4) is 5.75 Å². The van der Waals surface area contributed by atoms with Gasteiger partial charge in [-0.1, -0.05) is 0 Å². The van der Waals surface area contributed by atoms with Crippen LogP contribution in [0.2, 0.25) is 0 Å². The van der Waals surface area contributed by atoms with Gasteiger partial charge < -0.3 is 4.74 Å². The molecule has 0 atom stereocenters. The van der Waals surface area contributed by atoms with Gasteiger partial charge in [0.2, 0.25) is 0 Å². The fourth-order valence-electron chi connectivity index (χ4n) is 1.33. The number of carbonyl (C=O) groups excluding carboxylic acids is 1. The normalized spacial score (nSPS) is 15.8. The van der Waals surface area contributed by atoms with E-state index in [1.165, 1.54) is 6.34 Å². The monoisotopic (exact) mass is 173 g/mol. The smallest absolute Gasteiger partial charge is 0.406 e. The van der Waals surface area contributed by atoms with E-state index in [0.717, 1.165) is 5.69 Å². The summed E-state index contributed by atoms with van der Waals surface area (Å²) in [5.74, 6) is 0.456. The Bertz CT molecular complexity index is 559. The maximum absolute atomic E-state index is 10.8. The standard InChI is InChI=1S/C8H3N3O2/c12-8-11-7-5(13-8)2-1-4-6(7)10-3-9-4/h1-3H. The average molecular weight is 173 g/mol. The molecule has 2 aliphatic heterocycles. The molecule has 0 aliphatic carbocycles. The zero-order chi connectivity index (χ0) is 8.84. The van der Waals surface area contributed by atoms with Crippen LogP contribution in [0, 0.1) is 0 Å². The third-order valence-electron chi connectivity index (χ3n) is 1.88. The van der Waals surface area contributed by atoms with Crippen LogP contribution in [0.4, 0.5) is 10.5 Å². The molecule has 0 radical (unpaired) electrons. The number of fused-ring (bicyclic) bond motifs is 3. The molecule has 0 N–H and O–H groups in total. The van der Waals surface area contributed by atoms with Crippen molar-refractivity contribution >= 4 is 18.1 Å². The van der Waals surface area contributed by atoms with Crippen LogP contribution < -0.4 is 15.5 Å². The highest BCUT2D eigenvalue weighted by Crippen LogP contribution is 2.13. The van der Waals surface area contributed by atoms with Crippen LogP contribution in [0.3, 0.4) is 0 Å². The second-order valence-corrected chi connectivity index (χ2v) is 2.63. The van der Waals surface area contributed by atoms with Gasteiger partial charge in [-0.15, -0.1) is 0 Å². The lowest BCUT2D eigenvalue weighted by Gasteiger charge is -1.92. The summed E-state index contributed by atoms with van der Waals surface area (Å²) >= 11 is 0. The molecule has 0 bridgehead atoms. The number of carbonyl (C=O) groups is 1. The fourth-order valence-corrected chi connectivity index (χ4v) is 1.33. The van der Waals surface area contributed by atoms with Gasteiger partial charge in [0.1, 0.15) is 17.1 Å². The van der Waals surface area contributed by atoms with Crippen LogP contribution >= 0.6 is 0 Å². The van der Waals surface area contributed by atoms with Crippen molar-refractivity contribution in [3.05, 3.63) is 22.8 Å². The minimum Gasteiger partial charge on any atom is -0.406 e. The molecule has 62 valence electrons. The summed E-state index contributed by atoms with van der Waals surface area (Å²) in [4.78, 5) is 22.5. The molecule has 0 fully saturated rings. The van der Waals surface area contributed by atoms with Gasteiger partial charge in [0, 0.05) is 0 Å². The summed E-state index contributed by atoms with van der Waals surface area (Å²) < 4.78 is 4.81. The Labute approximate surface area is 72.1 Å². The summed E-state index contributed by atoms with van der Waals surface area (Å²) in [6, 6.07) is 3.41. The molecule has 5 nitrogen and oxygen atoms in total. The third kappa shape index (κ3) is 0.752. The van der Waals surface area contributed by atoms with Gasteiger partial charge in [-0.25, -0.2) is 14.8 Å². The number of rotatable bonds is 0. The number of hydrogen-bond acceptors (Lipinski definition) is 4. The first kappa shape index (κ1) is 6.47. The summed E-state index contributed by atoms with van der Waals surface area (Å²) in [6.45, 7) is 0. The first-order valence-electron chi connectivity index (χ1n) is 3.68. The summed E-state index contributed by atoms with van der Waals surface area (Å²) in [7, 11) is 0. The second-order valence-electron chi connectivity index (χ2n) is 2.63. The molecule has 0 unspecified atom stereocenters. The first-order chi connectivity index (χ1) is 6.34. The Hall–Kier alpha value is -2.04. The van der Waals surface area contributed by atoms with Crippen molar-refractivity contribution in [1.29, 1.82) is 0 Å². The molecule has 3 rings (SSSR count). The Morgan fingerprint density at radius 2 is 2.15 bits per heavy atom. The predicted octanol–water partition coefficient (Wildman–Crippen LogP) is 0.112. The minimum atomic E-state index is -0.592. The van der Waals surface area contributed by atoms with E-state index >= 15 is 0 Å². The largest absolute Gasteiger partial charge is 0.439 e. The topological polar surface area (TPSA) is 63.4 Å². The van der Waals surface area contributed by atoms with E-state index < -0.39 is 6.09 Å². The molecule has 1 amide bonds. The van der Waals surface area contributed by atoms with Crippen LogP contribution in [0.1, 0.15) is 0 Å². The van der Waals surface area contributed by atoms with E-state index in [9.17, 15) is 4.79 Å². The average Bonchev–Trinajstić information content (AvgIpc) is 2.65. The van der Waals surface area contributed by atoms with Crippen LogP contribution in [-0.4, -0.2) is 12.4 Å². The van der Waals surface area contributed by atoms with Crippen LogP contribution in [-0.2, 0) is 0 Å². The van der Waals surface area contributed by atoms with Crippen molar-refractivity contribution in [3.63, 3.8) is 0 Å². The molecule has 0 saturated carbocycles. The van der Waals surface area contributed by atoms with E-state index in [0.29, 0.717) is 16.5 Å². The number of ether oxygens (including phenoxy) is 1. The maximum Gasteiger partial charge on any atom is 0.439 e. The lowest BCUT2D eigenvalue weighted by molar-refractivity contribution is 0.215. The summed E-state index contributed by atoms with van der Waals surface area (Å²) in [5.41, 5.74) is 0.723. The predicted molar refractivity (Wildman–Crippen MR) is 42.9 cm³/mol. The lowest BCUT2D eigenvalue weighted by Crippen LogP contribution is -2.22. The number of aliphatic imine (C=N–C) groups is 1. The zero-order valence-corrected chi connectivity index (χ0v) is 6.39. The molecule has 1 aromatic carbocycles. The zero-order valence-electron chi connectivity index (χ0n) is 6.39. The fraction of sp³-hybridized carbons (Fsp3) is 0. The highest BCUT2D eigenvalue weighted by molar-refractivity contribution is 5.76.